The Morgan fingerprint density at radius 1 is 1.36 bits per heavy atom. The second-order valence-electron chi connectivity index (χ2n) is 5.12. The number of hydrogen-bond donors (Lipinski definition) is 2. The minimum atomic E-state index is -0.652. The molecule has 0 saturated heterocycles. The van der Waals surface area contributed by atoms with Gasteiger partial charge in [-0.25, -0.2) is 8.78 Å². The first-order valence-corrected chi connectivity index (χ1v) is 6.54. The van der Waals surface area contributed by atoms with Gasteiger partial charge >= 0.3 is 0 Å². The van der Waals surface area contributed by atoms with Crippen molar-refractivity contribution in [1.29, 1.82) is 0 Å². The minimum Gasteiger partial charge on any atom is -0.351 e. The molecule has 1 aromatic carbocycles. The average molecular weight is 307 g/mol. The smallest absolute Gasteiger partial charge is 0.287 e. The van der Waals surface area contributed by atoms with Crippen LogP contribution in [0.25, 0.3) is 0 Å². The number of halogens is 2. The zero-order chi connectivity index (χ0) is 15.9. The summed E-state index contributed by atoms with van der Waals surface area (Å²) in [5.41, 5.74) is 0.211. The second-order valence-corrected chi connectivity index (χ2v) is 5.12. The third kappa shape index (κ3) is 2.67. The summed E-state index contributed by atoms with van der Waals surface area (Å²) in [4.78, 5) is 24.4. The van der Waals surface area contributed by atoms with Crippen molar-refractivity contribution < 1.29 is 18.5 Å². The van der Waals surface area contributed by atoms with E-state index in [1.807, 2.05) is 0 Å². The van der Waals surface area contributed by atoms with Crippen LogP contribution in [-0.4, -0.2) is 21.9 Å². The molecule has 1 fully saturated rings. The van der Waals surface area contributed by atoms with Gasteiger partial charge in [0.2, 0.25) is 0 Å². The van der Waals surface area contributed by atoms with E-state index >= 15 is 0 Å². The van der Waals surface area contributed by atoms with Gasteiger partial charge in [0, 0.05) is 24.1 Å². The van der Waals surface area contributed by atoms with Crippen molar-refractivity contribution in [1.82, 2.24) is 10.3 Å². The van der Waals surface area contributed by atoms with E-state index in [-0.39, 0.29) is 23.3 Å². The van der Waals surface area contributed by atoms with Gasteiger partial charge in [0.05, 0.1) is 11.1 Å². The highest BCUT2D eigenvalue weighted by Gasteiger charge is 2.41. The number of aromatic amines is 1. The predicted octanol–water partition coefficient (Wildman–Crippen LogP) is 2.49. The highest BCUT2D eigenvalue weighted by molar-refractivity contribution is 5.93. The molecule has 6 nitrogen and oxygen atoms in total. The first-order chi connectivity index (χ1) is 10.5. The summed E-state index contributed by atoms with van der Waals surface area (Å²) >= 11 is 0. The molecule has 0 bridgehead atoms. The number of hydrogen-bond acceptors (Lipinski definition) is 3. The third-order valence-corrected chi connectivity index (χ3v) is 3.59. The number of carbonyl (C=O) groups excluding carboxylic acids is 1. The first-order valence-electron chi connectivity index (χ1n) is 6.54. The lowest BCUT2D eigenvalue weighted by Gasteiger charge is -2.04. The number of benzene rings is 1. The number of nitrogens with zero attached hydrogens (tertiary/aromatic N) is 1. The van der Waals surface area contributed by atoms with Gasteiger partial charge in [0.15, 0.2) is 0 Å². The van der Waals surface area contributed by atoms with Crippen molar-refractivity contribution in [2.45, 2.75) is 18.4 Å². The van der Waals surface area contributed by atoms with E-state index in [0.717, 1.165) is 18.3 Å². The van der Waals surface area contributed by atoms with Crippen molar-refractivity contribution in [3.05, 3.63) is 63.5 Å². The number of nitro groups is 1. The summed E-state index contributed by atoms with van der Waals surface area (Å²) in [6.45, 7) is 0. The summed E-state index contributed by atoms with van der Waals surface area (Å²) in [6.07, 6.45) is 1.66. The van der Waals surface area contributed by atoms with E-state index in [9.17, 15) is 23.7 Å². The Balaban J connectivity index is 1.65. The van der Waals surface area contributed by atoms with Gasteiger partial charge in [-0.05, 0) is 18.1 Å². The quantitative estimate of drug-likeness (QED) is 0.672. The molecule has 22 heavy (non-hydrogen) atoms. The van der Waals surface area contributed by atoms with Gasteiger partial charge in [-0.15, -0.1) is 0 Å². The molecular formula is C14H11F2N3O3. The molecule has 1 aromatic heterocycles. The van der Waals surface area contributed by atoms with Crippen molar-refractivity contribution in [3.63, 3.8) is 0 Å². The molecule has 3 rings (SSSR count). The second kappa shape index (κ2) is 5.21. The highest BCUT2D eigenvalue weighted by Crippen LogP contribution is 2.42. The molecule has 114 valence electrons. The van der Waals surface area contributed by atoms with Crippen LogP contribution >= 0.6 is 0 Å². The molecule has 2 unspecified atom stereocenters. The summed E-state index contributed by atoms with van der Waals surface area (Å²) in [7, 11) is 0. The summed E-state index contributed by atoms with van der Waals surface area (Å²) in [5.74, 6) is -2.00. The fourth-order valence-electron chi connectivity index (χ4n) is 2.37. The van der Waals surface area contributed by atoms with Crippen LogP contribution in [0.15, 0.2) is 30.5 Å². The zero-order valence-corrected chi connectivity index (χ0v) is 11.2. The molecule has 8 heteroatoms. The molecule has 1 amide bonds. The molecule has 1 aliphatic rings. The van der Waals surface area contributed by atoms with E-state index in [2.05, 4.69) is 10.3 Å². The lowest BCUT2D eigenvalue weighted by atomic mass is 10.1. The summed E-state index contributed by atoms with van der Waals surface area (Å²) in [6, 6.07) is 4.20. The van der Waals surface area contributed by atoms with Gasteiger partial charge in [-0.3, -0.25) is 14.9 Å². The van der Waals surface area contributed by atoms with Crippen LogP contribution in [0.2, 0.25) is 0 Å². The Morgan fingerprint density at radius 2 is 2.14 bits per heavy atom. The Morgan fingerprint density at radius 3 is 2.77 bits per heavy atom. The number of nitrogens with one attached hydrogen (secondary N) is 2. The van der Waals surface area contributed by atoms with Crippen molar-refractivity contribution in [3.8, 4) is 0 Å². The molecule has 2 aromatic rings. The summed E-state index contributed by atoms with van der Waals surface area (Å²) in [5, 5.41) is 13.2. The van der Waals surface area contributed by atoms with Crippen LogP contribution in [0.5, 0.6) is 0 Å². The van der Waals surface area contributed by atoms with E-state index in [4.69, 9.17) is 0 Å². The third-order valence-electron chi connectivity index (χ3n) is 3.59. The van der Waals surface area contributed by atoms with Gasteiger partial charge in [-0.2, -0.15) is 0 Å². The Bertz CT molecular complexity index is 760. The van der Waals surface area contributed by atoms with Crippen molar-refractivity contribution in [2.75, 3.05) is 0 Å². The fraction of sp³-hybridized carbons (Fsp3) is 0.214. The maximum atomic E-state index is 13.6. The topological polar surface area (TPSA) is 88.0 Å². The molecule has 1 heterocycles. The Kier molecular flexibility index (Phi) is 3.36. The van der Waals surface area contributed by atoms with Crippen molar-refractivity contribution in [2.24, 2.45) is 0 Å². The van der Waals surface area contributed by atoms with E-state index < -0.39 is 22.5 Å². The number of H-pyrrole nitrogens is 1. The van der Waals surface area contributed by atoms with E-state index in [1.165, 1.54) is 12.1 Å². The molecule has 2 atom stereocenters. The SMILES string of the molecule is O=C(NC1CC1c1ccc(F)cc1F)c1cc([N+](=O)[O-])c[nH]1. The van der Waals surface area contributed by atoms with Gasteiger partial charge in [0.25, 0.3) is 11.6 Å². The predicted molar refractivity (Wildman–Crippen MR) is 72.4 cm³/mol. The number of rotatable bonds is 4. The number of carbonyl (C=O) groups is 1. The summed E-state index contributed by atoms with van der Waals surface area (Å²) < 4.78 is 26.5. The van der Waals surface area contributed by atoms with Crippen LogP contribution < -0.4 is 5.32 Å². The van der Waals surface area contributed by atoms with E-state index in [1.54, 1.807) is 0 Å². The minimum absolute atomic E-state index is 0.0666. The standard InChI is InChI=1S/C14H11F2N3O3/c15-7-1-2-9(11(16)3-7)10-5-12(10)18-14(20)13-4-8(6-17-13)19(21)22/h1-4,6,10,12,17H,5H2,(H,18,20). The molecular weight excluding hydrogens is 296 g/mol. The molecule has 1 saturated carbocycles. The molecule has 0 spiro atoms. The largest absolute Gasteiger partial charge is 0.351 e. The molecule has 0 radical (unpaired) electrons. The van der Waals surface area contributed by atoms with Gasteiger partial charge in [-0.1, -0.05) is 6.07 Å². The highest BCUT2D eigenvalue weighted by atomic mass is 19.1. The van der Waals surface area contributed by atoms with Crippen LogP contribution in [-0.2, 0) is 0 Å². The Hall–Kier alpha value is -2.77. The van der Waals surface area contributed by atoms with Gasteiger partial charge in [0.1, 0.15) is 17.3 Å². The molecule has 2 N–H and O–H groups in total. The average Bonchev–Trinajstić information content (AvgIpc) is 3.02. The molecule has 0 aliphatic heterocycles. The Labute approximate surface area is 123 Å². The van der Waals surface area contributed by atoms with Crippen LogP contribution in [0.3, 0.4) is 0 Å². The van der Waals surface area contributed by atoms with Crippen LogP contribution in [0.1, 0.15) is 28.4 Å². The van der Waals surface area contributed by atoms with Gasteiger partial charge < -0.3 is 10.3 Å². The fourth-order valence-corrected chi connectivity index (χ4v) is 2.37. The normalized spacial score (nSPS) is 19.7. The molecule has 1 aliphatic carbocycles. The monoisotopic (exact) mass is 307 g/mol. The lowest BCUT2D eigenvalue weighted by Crippen LogP contribution is -2.26. The van der Waals surface area contributed by atoms with Crippen LogP contribution in [0, 0.1) is 21.7 Å². The first kappa shape index (κ1) is 14.2. The number of amides is 1. The van der Waals surface area contributed by atoms with Crippen LogP contribution in [0.4, 0.5) is 14.5 Å². The maximum absolute atomic E-state index is 13.6. The van der Waals surface area contributed by atoms with Crippen molar-refractivity contribution >= 4 is 11.6 Å². The number of aromatic nitrogens is 1. The zero-order valence-electron chi connectivity index (χ0n) is 11.2. The maximum Gasteiger partial charge on any atom is 0.287 e. The van der Waals surface area contributed by atoms with E-state index in [0.29, 0.717) is 12.0 Å². The lowest BCUT2D eigenvalue weighted by molar-refractivity contribution is -0.384.